The molecule has 1 N–H and O–H groups in total. The summed E-state index contributed by atoms with van der Waals surface area (Å²) in [5.74, 6) is 0. The maximum absolute atomic E-state index is 12.4. The molecule has 0 unspecified atom stereocenters. The first-order valence-electron chi connectivity index (χ1n) is 4.40. The van der Waals surface area contributed by atoms with Gasteiger partial charge < -0.3 is 0 Å². The number of rotatable bonds is 3. The second-order valence-electron chi connectivity index (χ2n) is 3.35. The molecule has 0 aliphatic carbocycles. The van der Waals surface area contributed by atoms with E-state index < -0.39 is 27.0 Å². The first-order valence-corrected chi connectivity index (χ1v) is 6.59. The van der Waals surface area contributed by atoms with Gasteiger partial charge >= 0.3 is 6.18 Å². The molecular formula is C9H9ClF3NO2S. The highest BCUT2D eigenvalue weighted by molar-refractivity contribution is 7.93. The fraction of sp³-hybridized carbons (Fsp3) is 0.333. The van der Waals surface area contributed by atoms with E-state index in [1.165, 1.54) is 13.0 Å². The number of anilines is 1. The van der Waals surface area contributed by atoms with Gasteiger partial charge in [0.1, 0.15) is 5.21 Å². The van der Waals surface area contributed by atoms with Crippen LogP contribution in [0.2, 0.25) is 0 Å². The fourth-order valence-electron chi connectivity index (χ4n) is 1.10. The Bertz CT molecular complexity index is 513. The highest BCUT2D eigenvalue weighted by Crippen LogP contribution is 2.32. The molecule has 8 heteroatoms. The molecule has 17 heavy (non-hydrogen) atoms. The SMILES string of the molecule is Cc1ccc(C(F)(F)F)cc1NS(=O)(=O)CCl. The van der Waals surface area contributed by atoms with Crippen molar-refractivity contribution < 1.29 is 21.6 Å². The van der Waals surface area contributed by atoms with Crippen molar-refractivity contribution in [1.82, 2.24) is 0 Å². The monoisotopic (exact) mass is 287 g/mol. The molecule has 1 aromatic rings. The largest absolute Gasteiger partial charge is 0.416 e. The van der Waals surface area contributed by atoms with Crippen LogP contribution in [0.5, 0.6) is 0 Å². The van der Waals surface area contributed by atoms with Crippen molar-refractivity contribution in [3.8, 4) is 0 Å². The van der Waals surface area contributed by atoms with Gasteiger partial charge in [0.15, 0.2) is 0 Å². The molecule has 1 aromatic carbocycles. The van der Waals surface area contributed by atoms with Gasteiger partial charge in [-0.15, -0.1) is 11.6 Å². The number of halogens is 4. The van der Waals surface area contributed by atoms with Crippen molar-refractivity contribution in [2.24, 2.45) is 0 Å². The van der Waals surface area contributed by atoms with E-state index in [1.54, 1.807) is 0 Å². The molecule has 0 saturated heterocycles. The predicted octanol–water partition coefficient (Wildman–Crippen LogP) is 2.95. The van der Waals surface area contributed by atoms with Crippen LogP contribution in [-0.4, -0.2) is 13.6 Å². The van der Waals surface area contributed by atoms with E-state index in [4.69, 9.17) is 11.6 Å². The van der Waals surface area contributed by atoms with Gasteiger partial charge in [-0.2, -0.15) is 13.2 Å². The molecule has 0 heterocycles. The van der Waals surface area contributed by atoms with Crippen LogP contribution >= 0.6 is 11.6 Å². The number of sulfonamides is 1. The number of hydrogen-bond donors (Lipinski definition) is 1. The Kier molecular flexibility index (Phi) is 3.93. The van der Waals surface area contributed by atoms with Gasteiger partial charge in [0, 0.05) is 0 Å². The molecule has 96 valence electrons. The summed E-state index contributed by atoms with van der Waals surface area (Å²) < 4.78 is 61.5. The molecule has 0 atom stereocenters. The van der Waals surface area contributed by atoms with Crippen LogP contribution in [0, 0.1) is 6.92 Å². The van der Waals surface area contributed by atoms with Crippen molar-refractivity contribution in [3.05, 3.63) is 29.3 Å². The van der Waals surface area contributed by atoms with Crippen LogP contribution in [0.4, 0.5) is 18.9 Å². The Morgan fingerprint density at radius 2 is 1.94 bits per heavy atom. The van der Waals surface area contributed by atoms with Crippen LogP contribution in [-0.2, 0) is 16.2 Å². The zero-order valence-corrected chi connectivity index (χ0v) is 10.2. The number of hydrogen-bond acceptors (Lipinski definition) is 2. The quantitative estimate of drug-likeness (QED) is 0.869. The third-order valence-electron chi connectivity index (χ3n) is 1.97. The van der Waals surface area contributed by atoms with Crippen LogP contribution in [0.15, 0.2) is 18.2 Å². The van der Waals surface area contributed by atoms with Crippen molar-refractivity contribution >= 4 is 27.3 Å². The van der Waals surface area contributed by atoms with Crippen molar-refractivity contribution in [2.45, 2.75) is 13.1 Å². The normalized spacial score (nSPS) is 12.5. The van der Waals surface area contributed by atoms with Crippen molar-refractivity contribution in [2.75, 3.05) is 9.93 Å². The van der Waals surface area contributed by atoms with Crippen LogP contribution < -0.4 is 4.72 Å². The molecule has 0 saturated carbocycles. The summed E-state index contributed by atoms with van der Waals surface area (Å²) >= 11 is 5.15. The van der Waals surface area contributed by atoms with Crippen molar-refractivity contribution in [3.63, 3.8) is 0 Å². The molecule has 0 aromatic heterocycles. The van der Waals surface area contributed by atoms with E-state index in [2.05, 4.69) is 0 Å². The Morgan fingerprint density at radius 1 is 1.35 bits per heavy atom. The zero-order chi connectivity index (χ0) is 13.3. The van der Waals surface area contributed by atoms with Crippen molar-refractivity contribution in [1.29, 1.82) is 0 Å². The van der Waals surface area contributed by atoms with Gasteiger partial charge in [-0.05, 0) is 24.6 Å². The molecule has 0 amide bonds. The molecule has 0 spiro atoms. The zero-order valence-electron chi connectivity index (χ0n) is 8.68. The number of nitrogens with one attached hydrogen (secondary N) is 1. The summed E-state index contributed by atoms with van der Waals surface area (Å²) in [5, 5.41) is -0.720. The third kappa shape index (κ3) is 3.78. The maximum atomic E-state index is 12.4. The van der Waals surface area contributed by atoms with Crippen LogP contribution in [0.3, 0.4) is 0 Å². The second kappa shape index (κ2) is 4.73. The highest BCUT2D eigenvalue weighted by Gasteiger charge is 2.31. The Labute approximate surface area is 102 Å². The Balaban J connectivity index is 3.17. The second-order valence-corrected chi connectivity index (χ2v) is 5.66. The molecule has 0 radical (unpaired) electrons. The predicted molar refractivity (Wildman–Crippen MR) is 59.4 cm³/mol. The van der Waals surface area contributed by atoms with Gasteiger partial charge in [-0.1, -0.05) is 6.07 Å². The summed E-state index contributed by atoms with van der Waals surface area (Å²) in [4.78, 5) is 0. The van der Waals surface area contributed by atoms with Gasteiger partial charge in [0.25, 0.3) is 0 Å². The van der Waals surface area contributed by atoms with Gasteiger partial charge in [0.2, 0.25) is 10.0 Å². The highest BCUT2D eigenvalue weighted by atomic mass is 35.5. The minimum atomic E-state index is -4.52. The molecule has 0 aliphatic heterocycles. The van der Waals surface area contributed by atoms with Crippen LogP contribution in [0.1, 0.15) is 11.1 Å². The minimum absolute atomic E-state index is 0.125. The maximum Gasteiger partial charge on any atom is 0.416 e. The first-order chi connectivity index (χ1) is 7.65. The van der Waals surface area contributed by atoms with E-state index >= 15 is 0 Å². The summed E-state index contributed by atoms with van der Waals surface area (Å²) in [6, 6.07) is 2.81. The lowest BCUT2D eigenvalue weighted by molar-refractivity contribution is -0.137. The van der Waals surface area contributed by atoms with E-state index in [0.29, 0.717) is 5.56 Å². The fourth-order valence-corrected chi connectivity index (χ4v) is 1.88. The van der Waals surface area contributed by atoms with Gasteiger partial charge in [-0.3, -0.25) is 4.72 Å². The average molecular weight is 288 g/mol. The minimum Gasteiger partial charge on any atom is -0.282 e. The van der Waals surface area contributed by atoms with E-state index in [9.17, 15) is 21.6 Å². The summed E-state index contributed by atoms with van der Waals surface area (Å²) in [7, 11) is -3.81. The Hall–Kier alpha value is -0.950. The third-order valence-corrected chi connectivity index (χ3v) is 3.65. The lowest BCUT2D eigenvalue weighted by atomic mass is 10.1. The van der Waals surface area contributed by atoms with Crippen LogP contribution in [0.25, 0.3) is 0 Å². The lowest BCUT2D eigenvalue weighted by Gasteiger charge is -2.12. The molecule has 0 bridgehead atoms. The Morgan fingerprint density at radius 3 is 2.41 bits per heavy atom. The van der Waals surface area contributed by atoms with E-state index in [1.807, 2.05) is 4.72 Å². The smallest absolute Gasteiger partial charge is 0.282 e. The number of benzene rings is 1. The standard InChI is InChI=1S/C9H9ClF3NO2S/c1-6-2-3-7(9(11,12)13)4-8(6)14-17(15,16)5-10/h2-4,14H,5H2,1H3. The summed E-state index contributed by atoms with van der Waals surface area (Å²) in [6.07, 6.45) is -4.52. The van der Waals surface area contributed by atoms with Gasteiger partial charge in [-0.25, -0.2) is 8.42 Å². The van der Waals surface area contributed by atoms with Gasteiger partial charge in [0.05, 0.1) is 11.3 Å². The number of alkyl halides is 4. The van der Waals surface area contributed by atoms with E-state index in [0.717, 1.165) is 12.1 Å². The summed E-state index contributed by atoms with van der Waals surface area (Å²) in [6.45, 7) is 1.49. The molecule has 1 rings (SSSR count). The van der Waals surface area contributed by atoms with E-state index in [-0.39, 0.29) is 5.69 Å². The molecule has 0 aliphatic rings. The molecule has 3 nitrogen and oxygen atoms in total. The average Bonchev–Trinajstić information content (AvgIpc) is 2.19. The number of aryl methyl sites for hydroxylation is 1. The topological polar surface area (TPSA) is 46.2 Å². The summed E-state index contributed by atoms with van der Waals surface area (Å²) in [5.41, 5.74) is -0.664. The molecule has 0 fully saturated rings. The first kappa shape index (κ1) is 14.1. The lowest BCUT2D eigenvalue weighted by Crippen LogP contribution is -2.15. The molecular weight excluding hydrogens is 279 g/mol.